The number of pyridine rings is 1. The topological polar surface area (TPSA) is 42.4 Å². The van der Waals surface area contributed by atoms with Gasteiger partial charge in [-0.3, -0.25) is 9.63 Å². The van der Waals surface area contributed by atoms with Gasteiger partial charge in [0.15, 0.2) is 0 Å². The Morgan fingerprint density at radius 1 is 1.50 bits per heavy atom. The van der Waals surface area contributed by atoms with E-state index < -0.39 is 30.0 Å². The van der Waals surface area contributed by atoms with Crippen molar-refractivity contribution in [3.8, 4) is 0 Å². The molecule has 110 valence electrons. The number of carbonyl (C=O) groups is 1. The molecule has 8 heteroatoms. The molecule has 2 rings (SSSR count). The van der Waals surface area contributed by atoms with E-state index in [0.29, 0.717) is 17.0 Å². The van der Waals surface area contributed by atoms with Crippen LogP contribution in [-0.2, 0) is 9.63 Å². The van der Waals surface area contributed by atoms with Gasteiger partial charge in [0.05, 0.1) is 12.6 Å². The van der Waals surface area contributed by atoms with Gasteiger partial charge in [-0.15, -0.1) is 0 Å². The summed E-state index contributed by atoms with van der Waals surface area (Å²) >= 11 is 0. The van der Waals surface area contributed by atoms with Crippen LogP contribution in [-0.4, -0.2) is 28.7 Å². The van der Waals surface area contributed by atoms with Gasteiger partial charge in [-0.05, 0) is 18.6 Å². The fraction of sp³-hybridized carbons (Fsp3) is 0.500. The molecule has 1 aromatic rings. The monoisotopic (exact) mass is 292 g/mol. The van der Waals surface area contributed by atoms with Gasteiger partial charge in [0.1, 0.15) is 5.92 Å². The lowest BCUT2D eigenvalue weighted by molar-refractivity contribution is -0.213. The Morgan fingerprint density at radius 2 is 2.20 bits per heavy atom. The van der Waals surface area contributed by atoms with Crippen LogP contribution in [0, 0.1) is 11.9 Å². The maximum atomic E-state index is 12.7. The third kappa shape index (κ3) is 2.90. The first-order valence-corrected chi connectivity index (χ1v) is 5.95. The minimum atomic E-state index is -4.63. The molecule has 4 nitrogen and oxygen atoms in total. The summed E-state index contributed by atoms with van der Waals surface area (Å²) in [5, 5.41) is 0.715. The Bertz CT molecular complexity index is 489. The van der Waals surface area contributed by atoms with E-state index in [4.69, 9.17) is 4.84 Å². The largest absolute Gasteiger partial charge is 0.400 e. The van der Waals surface area contributed by atoms with Crippen LogP contribution in [0.2, 0.25) is 0 Å². The quantitative estimate of drug-likeness (QED) is 0.621. The molecule has 0 saturated carbocycles. The first-order chi connectivity index (χ1) is 9.30. The fourth-order valence-electron chi connectivity index (χ4n) is 1.90. The smallest absolute Gasteiger partial charge is 0.272 e. The van der Waals surface area contributed by atoms with Crippen LogP contribution in [0.15, 0.2) is 18.3 Å². The summed E-state index contributed by atoms with van der Waals surface area (Å²) in [6.07, 6.45) is -3.11. The summed E-state index contributed by atoms with van der Waals surface area (Å²) in [7, 11) is 0. The molecule has 0 aromatic carbocycles. The van der Waals surface area contributed by atoms with Crippen LogP contribution in [0.1, 0.15) is 24.9 Å². The van der Waals surface area contributed by atoms with Crippen molar-refractivity contribution in [3.63, 3.8) is 0 Å². The predicted octanol–water partition coefficient (Wildman–Crippen LogP) is 2.62. The molecule has 1 saturated heterocycles. The van der Waals surface area contributed by atoms with Gasteiger partial charge >= 0.3 is 6.18 Å². The number of nitrogens with zero attached hydrogens (tertiary/aromatic N) is 2. The van der Waals surface area contributed by atoms with Crippen molar-refractivity contribution in [3.05, 3.63) is 29.8 Å². The lowest BCUT2D eigenvalue weighted by Crippen LogP contribution is -2.40. The zero-order chi connectivity index (χ0) is 14.9. The van der Waals surface area contributed by atoms with Gasteiger partial charge in [0, 0.05) is 12.6 Å². The molecule has 0 radical (unpaired) electrons. The molecule has 2 heterocycles. The van der Waals surface area contributed by atoms with Crippen molar-refractivity contribution in [1.29, 1.82) is 0 Å². The number of hydrogen-bond donors (Lipinski definition) is 0. The second kappa shape index (κ2) is 5.35. The molecule has 0 spiro atoms. The minimum Gasteiger partial charge on any atom is -0.272 e. The molecule has 1 amide bonds. The van der Waals surface area contributed by atoms with E-state index in [1.54, 1.807) is 0 Å². The molecule has 0 N–H and O–H groups in total. The van der Waals surface area contributed by atoms with Crippen molar-refractivity contribution in [2.45, 2.75) is 25.6 Å². The number of carbonyl (C=O) groups excluding carboxylic acids is 1. The first-order valence-electron chi connectivity index (χ1n) is 5.95. The summed E-state index contributed by atoms with van der Waals surface area (Å²) < 4.78 is 50.5. The standard InChI is InChI=1S/C12H12F4N2O2/c1-7(12(14,15)16)11(19)18-9(4-5-20-18)8-2-3-10(13)17-6-8/h2-3,6-7,9H,4-5H2,1H3/t7?,9-/m0/s1. The van der Waals surface area contributed by atoms with E-state index in [2.05, 4.69) is 4.98 Å². The first kappa shape index (κ1) is 14.7. The maximum absolute atomic E-state index is 12.7. The Hall–Kier alpha value is -1.70. The average molecular weight is 292 g/mol. The summed E-state index contributed by atoms with van der Waals surface area (Å²) in [5.74, 6) is -4.02. The molecule has 20 heavy (non-hydrogen) atoms. The number of rotatable bonds is 2. The highest BCUT2D eigenvalue weighted by Gasteiger charge is 2.46. The third-order valence-corrected chi connectivity index (χ3v) is 3.12. The molecular weight excluding hydrogens is 280 g/mol. The summed E-state index contributed by atoms with van der Waals surface area (Å²) in [6.45, 7) is 0.905. The molecule has 1 fully saturated rings. The van der Waals surface area contributed by atoms with Gasteiger partial charge < -0.3 is 0 Å². The molecule has 1 aliphatic rings. The zero-order valence-electron chi connectivity index (χ0n) is 10.5. The second-order valence-corrected chi connectivity index (χ2v) is 4.48. The van der Waals surface area contributed by atoms with Crippen molar-refractivity contribution in [1.82, 2.24) is 10.0 Å². The van der Waals surface area contributed by atoms with Crippen LogP contribution in [0.4, 0.5) is 17.6 Å². The summed E-state index contributed by atoms with van der Waals surface area (Å²) in [5.41, 5.74) is 0.437. The Labute approximate surface area is 112 Å². The number of hydrogen-bond acceptors (Lipinski definition) is 3. The molecule has 2 atom stereocenters. The van der Waals surface area contributed by atoms with Crippen molar-refractivity contribution >= 4 is 5.91 Å². The van der Waals surface area contributed by atoms with Crippen LogP contribution < -0.4 is 0 Å². The van der Waals surface area contributed by atoms with E-state index in [0.717, 1.165) is 13.0 Å². The van der Waals surface area contributed by atoms with E-state index in [1.807, 2.05) is 0 Å². The number of alkyl halides is 3. The highest BCUT2D eigenvalue weighted by Crippen LogP contribution is 2.35. The molecule has 1 unspecified atom stereocenters. The molecular formula is C12H12F4N2O2. The second-order valence-electron chi connectivity index (χ2n) is 4.48. The Kier molecular flexibility index (Phi) is 3.94. The number of aromatic nitrogens is 1. The normalized spacial score (nSPS) is 21.1. The zero-order valence-corrected chi connectivity index (χ0v) is 10.5. The SMILES string of the molecule is CC(C(=O)N1OCC[C@H]1c1ccc(F)nc1)C(F)(F)F. The summed E-state index contributed by atoms with van der Waals surface area (Å²) in [6, 6.07) is 1.78. The van der Waals surface area contributed by atoms with Gasteiger partial charge in [-0.1, -0.05) is 6.07 Å². The highest BCUT2D eigenvalue weighted by atomic mass is 19.4. The van der Waals surface area contributed by atoms with E-state index in [9.17, 15) is 22.4 Å². The van der Waals surface area contributed by atoms with Gasteiger partial charge in [0.25, 0.3) is 5.91 Å². The van der Waals surface area contributed by atoms with Crippen molar-refractivity contribution in [2.75, 3.05) is 6.61 Å². The molecule has 1 aliphatic heterocycles. The fourth-order valence-corrected chi connectivity index (χ4v) is 1.90. The minimum absolute atomic E-state index is 0.123. The van der Waals surface area contributed by atoms with Crippen LogP contribution in [0.3, 0.4) is 0 Å². The number of amides is 1. The van der Waals surface area contributed by atoms with Crippen LogP contribution in [0.25, 0.3) is 0 Å². The third-order valence-electron chi connectivity index (χ3n) is 3.12. The van der Waals surface area contributed by atoms with Crippen LogP contribution in [0.5, 0.6) is 0 Å². The van der Waals surface area contributed by atoms with Gasteiger partial charge in [-0.25, -0.2) is 10.0 Å². The Balaban J connectivity index is 2.19. The Morgan fingerprint density at radius 3 is 2.75 bits per heavy atom. The number of halogens is 4. The van der Waals surface area contributed by atoms with Gasteiger partial charge in [0.2, 0.25) is 5.95 Å². The average Bonchev–Trinajstić information content (AvgIpc) is 2.86. The highest BCUT2D eigenvalue weighted by molar-refractivity contribution is 5.78. The predicted molar refractivity (Wildman–Crippen MR) is 59.6 cm³/mol. The van der Waals surface area contributed by atoms with E-state index >= 15 is 0 Å². The van der Waals surface area contributed by atoms with Gasteiger partial charge in [-0.2, -0.15) is 17.6 Å². The number of hydroxylamine groups is 2. The lowest BCUT2D eigenvalue weighted by atomic mass is 10.0. The summed E-state index contributed by atoms with van der Waals surface area (Å²) in [4.78, 5) is 20.2. The van der Waals surface area contributed by atoms with E-state index in [1.165, 1.54) is 12.3 Å². The maximum Gasteiger partial charge on any atom is 0.400 e. The molecule has 0 bridgehead atoms. The van der Waals surface area contributed by atoms with E-state index in [-0.39, 0.29) is 6.61 Å². The molecule has 1 aromatic heterocycles. The molecule has 0 aliphatic carbocycles. The van der Waals surface area contributed by atoms with Crippen molar-refractivity contribution < 1.29 is 27.2 Å². The van der Waals surface area contributed by atoms with Crippen LogP contribution >= 0.6 is 0 Å². The lowest BCUT2D eigenvalue weighted by Gasteiger charge is -2.26. The van der Waals surface area contributed by atoms with Crippen molar-refractivity contribution in [2.24, 2.45) is 5.92 Å².